The second-order valence-corrected chi connectivity index (χ2v) is 4.27. The van der Waals surface area contributed by atoms with Gasteiger partial charge in [-0.25, -0.2) is 4.79 Å². The molecule has 1 rings (SSSR count). The van der Waals surface area contributed by atoms with Gasteiger partial charge in [-0.3, -0.25) is 0 Å². The lowest BCUT2D eigenvalue weighted by molar-refractivity contribution is 0.191. The highest BCUT2D eigenvalue weighted by Crippen LogP contribution is 2.10. The average molecular weight is 236 g/mol. The molecule has 0 bridgehead atoms. The van der Waals surface area contributed by atoms with Crippen LogP contribution in [0.1, 0.15) is 20.3 Å². The Kier molecular flexibility index (Phi) is 5.49. The summed E-state index contributed by atoms with van der Waals surface area (Å²) in [6.45, 7) is 4.64. The first-order valence-corrected chi connectivity index (χ1v) is 5.87. The first kappa shape index (κ1) is 13.5. The second-order valence-electron chi connectivity index (χ2n) is 4.27. The molecule has 0 aliphatic rings. The van der Waals surface area contributed by atoms with Gasteiger partial charge in [0.15, 0.2) is 0 Å². The van der Waals surface area contributed by atoms with E-state index in [0.29, 0.717) is 18.2 Å². The van der Waals surface area contributed by atoms with Crippen LogP contribution in [0.25, 0.3) is 0 Å². The van der Waals surface area contributed by atoms with Gasteiger partial charge in [0, 0.05) is 6.04 Å². The molecule has 0 fully saturated rings. The van der Waals surface area contributed by atoms with Crippen molar-refractivity contribution in [2.24, 2.45) is 11.7 Å². The largest absolute Gasteiger partial charge is 0.412 e. The van der Waals surface area contributed by atoms with Gasteiger partial charge >= 0.3 is 6.09 Å². The summed E-state index contributed by atoms with van der Waals surface area (Å²) in [6.07, 6.45) is 0.324. The van der Waals surface area contributed by atoms with Gasteiger partial charge in [0.1, 0.15) is 5.75 Å². The molecule has 3 N–H and O–H groups in total. The lowest BCUT2D eigenvalue weighted by atomic mass is 10.0. The molecule has 0 saturated carbocycles. The Labute approximate surface area is 102 Å². The van der Waals surface area contributed by atoms with E-state index in [1.807, 2.05) is 32.0 Å². The van der Waals surface area contributed by atoms with Crippen molar-refractivity contribution >= 4 is 6.09 Å². The standard InChI is InChI=1S/C13H20N2O2/c1-10(2)12(8-9-14)15-13(16)17-11-6-4-3-5-7-11/h3-7,10,12H,8-9,14H2,1-2H3,(H,15,16). The van der Waals surface area contributed by atoms with Crippen molar-refractivity contribution in [1.29, 1.82) is 0 Å². The summed E-state index contributed by atoms with van der Waals surface area (Å²) < 4.78 is 5.15. The zero-order valence-electron chi connectivity index (χ0n) is 10.3. The summed E-state index contributed by atoms with van der Waals surface area (Å²) in [5.41, 5.74) is 5.50. The fourth-order valence-corrected chi connectivity index (χ4v) is 1.53. The highest BCUT2D eigenvalue weighted by molar-refractivity contribution is 5.70. The maximum absolute atomic E-state index is 11.6. The van der Waals surface area contributed by atoms with Crippen LogP contribution >= 0.6 is 0 Å². The monoisotopic (exact) mass is 236 g/mol. The molecule has 0 radical (unpaired) electrons. The molecule has 1 amide bonds. The van der Waals surface area contributed by atoms with Crippen molar-refractivity contribution in [3.05, 3.63) is 30.3 Å². The Balaban J connectivity index is 2.48. The number of carbonyl (C=O) groups excluding carboxylic acids is 1. The maximum Gasteiger partial charge on any atom is 0.412 e. The number of hydrogen-bond acceptors (Lipinski definition) is 3. The molecule has 17 heavy (non-hydrogen) atoms. The fraction of sp³-hybridized carbons (Fsp3) is 0.462. The number of nitrogens with one attached hydrogen (secondary N) is 1. The van der Waals surface area contributed by atoms with Crippen molar-refractivity contribution in [1.82, 2.24) is 5.32 Å². The van der Waals surface area contributed by atoms with Crippen molar-refractivity contribution in [2.45, 2.75) is 26.3 Å². The minimum atomic E-state index is -0.427. The summed E-state index contributed by atoms with van der Waals surface area (Å²) in [5.74, 6) is 0.877. The Morgan fingerprint density at radius 2 is 2.00 bits per heavy atom. The van der Waals surface area contributed by atoms with E-state index in [4.69, 9.17) is 10.5 Å². The van der Waals surface area contributed by atoms with Gasteiger partial charge in [-0.1, -0.05) is 32.0 Å². The minimum absolute atomic E-state index is 0.0520. The van der Waals surface area contributed by atoms with E-state index in [9.17, 15) is 4.79 Å². The third-order valence-electron chi connectivity index (χ3n) is 2.54. The van der Waals surface area contributed by atoms with Gasteiger partial charge in [-0.2, -0.15) is 0 Å². The van der Waals surface area contributed by atoms with E-state index < -0.39 is 6.09 Å². The average Bonchev–Trinajstić information content (AvgIpc) is 2.29. The topological polar surface area (TPSA) is 64.3 Å². The van der Waals surface area contributed by atoms with Crippen LogP contribution in [0.2, 0.25) is 0 Å². The molecule has 1 aromatic carbocycles. The van der Waals surface area contributed by atoms with E-state index >= 15 is 0 Å². The fourth-order valence-electron chi connectivity index (χ4n) is 1.53. The van der Waals surface area contributed by atoms with Crippen LogP contribution in [0, 0.1) is 5.92 Å². The van der Waals surface area contributed by atoms with Gasteiger partial charge in [0.2, 0.25) is 0 Å². The highest BCUT2D eigenvalue weighted by Gasteiger charge is 2.16. The van der Waals surface area contributed by atoms with Gasteiger partial charge < -0.3 is 15.8 Å². The third kappa shape index (κ3) is 4.87. The first-order chi connectivity index (χ1) is 8.13. The predicted molar refractivity (Wildman–Crippen MR) is 67.9 cm³/mol. The van der Waals surface area contributed by atoms with Crippen LogP contribution in [0.4, 0.5) is 4.79 Å². The van der Waals surface area contributed by atoms with Gasteiger partial charge in [-0.15, -0.1) is 0 Å². The van der Waals surface area contributed by atoms with Gasteiger partial charge in [0.25, 0.3) is 0 Å². The maximum atomic E-state index is 11.6. The van der Waals surface area contributed by atoms with Crippen molar-refractivity contribution in [3.63, 3.8) is 0 Å². The molecule has 94 valence electrons. The molecule has 0 saturated heterocycles. The molecule has 1 unspecified atom stereocenters. The number of hydrogen-bond donors (Lipinski definition) is 2. The molecule has 4 heteroatoms. The first-order valence-electron chi connectivity index (χ1n) is 5.87. The molecular formula is C13H20N2O2. The van der Waals surface area contributed by atoms with Crippen LogP contribution in [-0.2, 0) is 0 Å². The quantitative estimate of drug-likeness (QED) is 0.823. The molecule has 1 aromatic rings. The summed E-state index contributed by atoms with van der Waals surface area (Å²) in [5, 5.41) is 2.82. The molecule has 0 aromatic heterocycles. The lowest BCUT2D eigenvalue weighted by Gasteiger charge is -2.21. The second kappa shape index (κ2) is 6.91. The number of benzene rings is 1. The Morgan fingerprint density at radius 3 is 2.53 bits per heavy atom. The van der Waals surface area contributed by atoms with Crippen molar-refractivity contribution in [3.8, 4) is 5.75 Å². The zero-order chi connectivity index (χ0) is 12.7. The van der Waals surface area contributed by atoms with E-state index in [1.54, 1.807) is 12.1 Å². The Bertz CT molecular complexity index is 339. The van der Waals surface area contributed by atoms with Crippen LogP contribution in [0.15, 0.2) is 30.3 Å². The van der Waals surface area contributed by atoms with Crippen LogP contribution < -0.4 is 15.8 Å². The van der Waals surface area contributed by atoms with E-state index in [-0.39, 0.29) is 6.04 Å². The Hall–Kier alpha value is -1.55. The van der Waals surface area contributed by atoms with Crippen LogP contribution in [0.5, 0.6) is 5.75 Å². The normalized spacial score (nSPS) is 12.2. The molecule has 0 heterocycles. The van der Waals surface area contributed by atoms with Crippen molar-refractivity contribution in [2.75, 3.05) is 6.54 Å². The number of ether oxygens (including phenoxy) is 1. The number of rotatable bonds is 5. The number of nitrogens with two attached hydrogens (primary N) is 1. The Morgan fingerprint density at radius 1 is 1.35 bits per heavy atom. The van der Waals surface area contributed by atoms with E-state index in [1.165, 1.54) is 0 Å². The molecule has 0 aliphatic heterocycles. The summed E-state index contributed by atoms with van der Waals surface area (Å²) in [7, 11) is 0. The highest BCUT2D eigenvalue weighted by atomic mass is 16.6. The number of carbonyl (C=O) groups is 1. The summed E-state index contributed by atoms with van der Waals surface area (Å²) in [6, 6.07) is 9.05. The summed E-state index contributed by atoms with van der Waals surface area (Å²) >= 11 is 0. The smallest absolute Gasteiger partial charge is 0.410 e. The van der Waals surface area contributed by atoms with E-state index in [2.05, 4.69) is 5.32 Å². The SMILES string of the molecule is CC(C)C(CCN)NC(=O)Oc1ccccc1. The van der Waals surface area contributed by atoms with Crippen LogP contribution in [0.3, 0.4) is 0 Å². The molecule has 1 atom stereocenters. The molecule has 0 aliphatic carbocycles. The lowest BCUT2D eigenvalue weighted by Crippen LogP contribution is -2.41. The zero-order valence-corrected chi connectivity index (χ0v) is 10.3. The summed E-state index contributed by atoms with van der Waals surface area (Å²) in [4.78, 5) is 11.6. The molecular weight excluding hydrogens is 216 g/mol. The number of para-hydroxylation sites is 1. The van der Waals surface area contributed by atoms with Crippen LogP contribution in [-0.4, -0.2) is 18.7 Å². The molecule has 0 spiro atoms. The minimum Gasteiger partial charge on any atom is -0.410 e. The van der Waals surface area contributed by atoms with Crippen molar-refractivity contribution < 1.29 is 9.53 Å². The van der Waals surface area contributed by atoms with E-state index in [0.717, 1.165) is 6.42 Å². The third-order valence-corrected chi connectivity index (χ3v) is 2.54. The predicted octanol–water partition coefficient (Wildman–Crippen LogP) is 2.15. The van der Waals surface area contributed by atoms with Gasteiger partial charge in [0.05, 0.1) is 0 Å². The molecule has 4 nitrogen and oxygen atoms in total. The number of amides is 1. The van der Waals surface area contributed by atoms with Gasteiger partial charge in [-0.05, 0) is 31.0 Å².